The molecule has 4 N–H and O–H groups in total. The van der Waals surface area contributed by atoms with Gasteiger partial charge in [-0.05, 0) is 184 Å². The van der Waals surface area contributed by atoms with Crippen molar-refractivity contribution in [3.8, 4) is 0 Å². The quantitative estimate of drug-likeness (QED) is 0.0224. The van der Waals surface area contributed by atoms with Gasteiger partial charge in [0.15, 0.2) is 11.6 Å². The Kier molecular flexibility index (Phi) is 22.6. The van der Waals surface area contributed by atoms with Crippen LogP contribution in [0.4, 0.5) is 10.3 Å². The molecule has 0 aliphatic heterocycles. The molecule has 7 aromatic rings. The Labute approximate surface area is 522 Å². The van der Waals surface area contributed by atoms with Crippen LogP contribution in [0.1, 0.15) is 106 Å². The molecule has 0 spiro atoms. The molecule has 0 atom stereocenters. The molecule has 0 unspecified atom stereocenters. The summed E-state index contributed by atoms with van der Waals surface area (Å²) in [5.74, 6) is 1.04. The number of hydrogen-bond acceptors (Lipinski definition) is 10. The van der Waals surface area contributed by atoms with Crippen LogP contribution in [0.25, 0.3) is 0 Å². The summed E-state index contributed by atoms with van der Waals surface area (Å²) in [5, 5.41) is 5.81. The van der Waals surface area contributed by atoms with E-state index in [4.69, 9.17) is 4.65 Å². The number of hydrogen-bond donors (Lipinski definition) is 4. The number of allylic oxidation sites excluding steroid dienone is 10. The number of thiazole rings is 2. The van der Waals surface area contributed by atoms with Gasteiger partial charge < -0.3 is 10.9 Å². The van der Waals surface area contributed by atoms with Crippen molar-refractivity contribution >= 4 is 100 Å². The topological polar surface area (TPSA) is 128 Å². The van der Waals surface area contributed by atoms with Crippen molar-refractivity contribution in [3.05, 3.63) is 258 Å². The van der Waals surface area contributed by atoms with E-state index in [1.54, 1.807) is 71.5 Å². The summed E-state index contributed by atoms with van der Waals surface area (Å²) in [6, 6.07) is 41.5. The molecule has 15 heteroatoms. The van der Waals surface area contributed by atoms with Gasteiger partial charge in [0, 0.05) is 74.1 Å². The summed E-state index contributed by atoms with van der Waals surface area (Å²) in [7, 11) is -0.446. The number of carbonyl (C=O) groups excluding carboxylic acids is 2. The van der Waals surface area contributed by atoms with Gasteiger partial charge >= 0.3 is 11.3 Å². The third-order valence-corrected chi connectivity index (χ3v) is 20.6. The summed E-state index contributed by atoms with van der Waals surface area (Å²) < 4.78 is 9.25. The van der Waals surface area contributed by atoms with E-state index in [1.165, 1.54) is 70.2 Å². The van der Waals surface area contributed by atoms with Crippen LogP contribution in [0.3, 0.4) is 0 Å². The van der Waals surface area contributed by atoms with Crippen LogP contribution in [0.5, 0.6) is 0 Å². The maximum absolute atomic E-state index is 11.9. The zero-order chi connectivity index (χ0) is 57.8. The summed E-state index contributed by atoms with van der Waals surface area (Å²) in [6.45, 7) is 22.6. The fraction of sp³-hybridized carbons (Fsp3) is 0.239. The standard InChI is InChI=1S/2C24H26BrN3OS.C18H15P.CO.Ru/c2*1-14-7-15(2)22(16(3)8-14)24(4)10-18(11-24)21-13-26-23(30-21)28-27-12-17-9-19(25)5-6-20(17)29;1-4-10-16(11-5-1)19(17-12-6-2-7-13-17)18-14-8-3-9-15-18;1-2;/h2*5-9,12-13,18,27H,10-11H2,1-4H3,(H,26,28);1-15H;;/b2*17-12-;;;. The predicted octanol–water partition coefficient (Wildman–Crippen LogP) is 15.6. The number of anilines is 2. The monoisotopic (exact) mass is 1360 g/mol. The van der Waals surface area contributed by atoms with Crippen molar-refractivity contribution in [1.29, 1.82) is 0 Å². The van der Waals surface area contributed by atoms with E-state index in [2.05, 4.69) is 241 Å². The first-order valence-corrected chi connectivity index (χ1v) is 31.4. The van der Waals surface area contributed by atoms with Gasteiger partial charge in [-0.3, -0.25) is 20.4 Å². The Hall–Kier alpha value is -5.91. The maximum atomic E-state index is 11.9. The minimum absolute atomic E-state index is 0. The van der Waals surface area contributed by atoms with E-state index in [0.29, 0.717) is 23.0 Å². The Balaban J connectivity index is 0.000000178. The van der Waals surface area contributed by atoms with Crippen LogP contribution in [-0.2, 0) is 44.5 Å². The van der Waals surface area contributed by atoms with E-state index >= 15 is 0 Å². The second-order valence-corrected chi connectivity index (χ2v) is 27.7. The molecule has 4 aliphatic carbocycles. The van der Waals surface area contributed by atoms with Crippen LogP contribution < -0.4 is 37.6 Å². The average molecular weight is 1360 g/mol. The summed E-state index contributed by atoms with van der Waals surface area (Å²) in [6.07, 6.45) is 22.0. The van der Waals surface area contributed by atoms with Crippen LogP contribution in [-0.4, -0.2) is 21.5 Å². The van der Waals surface area contributed by atoms with Gasteiger partial charge in [-0.2, -0.15) is 0 Å². The van der Waals surface area contributed by atoms with E-state index in [-0.39, 0.29) is 41.9 Å². The number of carbonyl (C=O) groups is 2. The van der Waals surface area contributed by atoms with Crippen molar-refractivity contribution in [2.45, 2.75) is 104 Å². The Bertz CT molecular complexity index is 3280. The zero-order valence-corrected chi connectivity index (χ0v) is 54.7. The summed E-state index contributed by atoms with van der Waals surface area (Å²) >= 11 is 10.1. The first-order chi connectivity index (χ1) is 38.9. The SMILES string of the molecule is Cc1cc(C)c(C2(C)CC(c3cnc(NN/C=C4/C=C(Br)C=CC4=O)s3)C2)c(C)c1.Cc1cc(C)c(C2(C)CC(c3cnc(NN/C=C4/C=C(Br)C=CC4=O)s3)C2)c(C)c1.[C-]#[O+].[Ru].c1ccc(P(c2ccccc2)c2ccccc2)cc1. The van der Waals surface area contributed by atoms with Gasteiger partial charge in [-0.1, -0.05) is 172 Å². The van der Waals surface area contributed by atoms with Crippen LogP contribution >= 0.6 is 62.5 Å². The van der Waals surface area contributed by atoms with Crippen molar-refractivity contribution in [2.75, 3.05) is 10.9 Å². The normalized spacial score (nSPS) is 20.5. The summed E-state index contributed by atoms with van der Waals surface area (Å²) in [4.78, 5) is 35.3. The van der Waals surface area contributed by atoms with Gasteiger partial charge in [0.25, 0.3) is 0 Å². The van der Waals surface area contributed by atoms with Crippen molar-refractivity contribution < 1.29 is 33.7 Å². The molecular formula is C67H67Br2N6O3PRuS2. The molecule has 2 aromatic heterocycles. The van der Waals surface area contributed by atoms with Gasteiger partial charge in [0.05, 0.1) is 0 Å². The smallest absolute Gasteiger partial charge is 0 e. The molecule has 9 nitrogen and oxygen atoms in total. The molecule has 82 heavy (non-hydrogen) atoms. The third-order valence-electron chi connectivity index (χ3n) is 15.0. The number of halogens is 2. The van der Waals surface area contributed by atoms with Crippen molar-refractivity contribution in [3.63, 3.8) is 0 Å². The van der Waals surface area contributed by atoms with E-state index < -0.39 is 7.92 Å². The minimum Gasteiger partial charge on any atom is -0.0622 e. The summed E-state index contributed by atoms with van der Waals surface area (Å²) in [5.41, 5.74) is 25.1. The molecule has 2 fully saturated rings. The van der Waals surface area contributed by atoms with Crippen LogP contribution in [0, 0.1) is 48.2 Å². The molecule has 0 radical (unpaired) electrons. The molecule has 0 saturated heterocycles. The van der Waals surface area contributed by atoms with E-state index in [9.17, 15) is 9.59 Å². The fourth-order valence-corrected chi connectivity index (χ4v) is 16.8. The second kappa shape index (κ2) is 29.1. The Morgan fingerprint density at radius 1 is 0.549 bits per heavy atom. The van der Waals surface area contributed by atoms with E-state index in [0.717, 1.165) is 44.9 Å². The number of hydrazine groups is 2. The van der Waals surface area contributed by atoms with Gasteiger partial charge in [-0.25, -0.2) is 9.97 Å². The maximum Gasteiger partial charge on any atom is 0 e. The number of aryl methyl sites for hydroxylation is 6. The van der Waals surface area contributed by atoms with Crippen molar-refractivity contribution in [2.24, 2.45) is 0 Å². The third kappa shape index (κ3) is 15.8. The molecule has 2 saturated carbocycles. The zero-order valence-electron chi connectivity index (χ0n) is 47.2. The number of ketones is 2. The van der Waals surface area contributed by atoms with Gasteiger partial charge in [0.2, 0.25) is 10.3 Å². The van der Waals surface area contributed by atoms with Crippen LogP contribution in [0.2, 0.25) is 0 Å². The fourth-order valence-electron chi connectivity index (χ4n) is 12.0. The Morgan fingerprint density at radius 2 is 0.866 bits per heavy atom. The van der Waals surface area contributed by atoms with Crippen LogP contribution in [0.15, 0.2) is 197 Å². The first kappa shape index (κ1) is 63.7. The molecule has 11 rings (SSSR count). The number of rotatable bonds is 13. The number of nitrogens with zero attached hydrogens (tertiary/aromatic N) is 2. The average Bonchev–Trinajstić information content (AvgIpc) is 3.57. The molecule has 0 amide bonds. The molecular weight excluding hydrogens is 1290 g/mol. The van der Waals surface area contributed by atoms with Crippen molar-refractivity contribution in [1.82, 2.24) is 20.8 Å². The molecule has 422 valence electrons. The predicted molar refractivity (Wildman–Crippen MR) is 345 cm³/mol. The minimum atomic E-state index is -0.446. The number of nitrogens with one attached hydrogen (secondary N) is 4. The first-order valence-electron chi connectivity index (χ1n) is 26.8. The number of aromatic nitrogens is 2. The van der Waals surface area contributed by atoms with E-state index in [1.807, 2.05) is 12.4 Å². The Morgan fingerprint density at radius 3 is 1.18 bits per heavy atom. The molecule has 5 aromatic carbocycles. The largest absolute Gasteiger partial charge is 0.0622 e. The molecule has 0 bridgehead atoms. The number of benzene rings is 5. The molecule has 2 heterocycles. The van der Waals surface area contributed by atoms with Gasteiger partial charge in [0.1, 0.15) is 0 Å². The second-order valence-electron chi connectivity index (χ2n) is 21.5. The van der Waals surface area contributed by atoms with Gasteiger partial charge in [-0.15, -0.1) is 22.7 Å². The molecule has 4 aliphatic rings.